The molecule has 2 N–H and O–H groups in total. The van der Waals surface area contributed by atoms with E-state index in [9.17, 15) is 9.18 Å². The van der Waals surface area contributed by atoms with Gasteiger partial charge in [0.05, 0.1) is 12.4 Å². The van der Waals surface area contributed by atoms with E-state index in [-0.39, 0.29) is 11.5 Å². The quantitative estimate of drug-likeness (QED) is 0.748. The summed E-state index contributed by atoms with van der Waals surface area (Å²) in [6.07, 6.45) is 2.90. The van der Waals surface area contributed by atoms with Crippen LogP contribution in [0, 0.1) is 19.7 Å². The first kappa shape index (κ1) is 16.6. The van der Waals surface area contributed by atoms with Gasteiger partial charge in [0.25, 0.3) is 5.91 Å². The van der Waals surface area contributed by atoms with Gasteiger partial charge in [-0.25, -0.2) is 14.4 Å². The van der Waals surface area contributed by atoms with Crippen molar-refractivity contribution in [3.8, 4) is 0 Å². The van der Waals surface area contributed by atoms with Gasteiger partial charge in [-0.15, -0.1) is 0 Å². The molecule has 0 saturated heterocycles. The highest BCUT2D eigenvalue weighted by Gasteiger charge is 2.09. The molecule has 3 rings (SSSR count). The molecule has 0 aliphatic rings. The number of nitrogens with one attached hydrogen (secondary N) is 2. The fourth-order valence-electron chi connectivity index (χ4n) is 2.38. The van der Waals surface area contributed by atoms with Crippen molar-refractivity contribution in [2.24, 2.45) is 0 Å². The third-order valence-electron chi connectivity index (χ3n) is 3.72. The largest absolute Gasteiger partial charge is 0.339 e. The van der Waals surface area contributed by atoms with Crippen LogP contribution in [0.25, 0.3) is 0 Å². The van der Waals surface area contributed by atoms with Crippen LogP contribution in [-0.4, -0.2) is 15.9 Å². The molecule has 0 unspecified atom stereocenters. The summed E-state index contributed by atoms with van der Waals surface area (Å²) >= 11 is 0. The molecule has 0 aliphatic carbocycles. The standard InChI is InChI=1S/C19H17FN4O/c1-12-4-3-5-13(2)18(12)24-17-11-21-16(10-22-17)19(25)23-15-8-6-14(20)7-9-15/h3-11H,1-2H3,(H,22,24)(H,23,25). The first-order valence-corrected chi connectivity index (χ1v) is 7.75. The van der Waals surface area contributed by atoms with Crippen molar-refractivity contribution < 1.29 is 9.18 Å². The molecule has 1 amide bonds. The van der Waals surface area contributed by atoms with Gasteiger partial charge < -0.3 is 10.6 Å². The molecule has 2 aromatic carbocycles. The SMILES string of the molecule is Cc1cccc(C)c1Nc1cnc(C(=O)Nc2ccc(F)cc2)cn1. The Kier molecular flexibility index (Phi) is 4.70. The van der Waals surface area contributed by atoms with Crippen molar-refractivity contribution in [3.63, 3.8) is 0 Å². The monoisotopic (exact) mass is 336 g/mol. The van der Waals surface area contributed by atoms with E-state index in [0.29, 0.717) is 11.5 Å². The Bertz CT molecular complexity index is 872. The van der Waals surface area contributed by atoms with E-state index < -0.39 is 5.91 Å². The molecular weight excluding hydrogens is 319 g/mol. The third kappa shape index (κ3) is 3.98. The number of aryl methyl sites for hydroxylation is 2. The summed E-state index contributed by atoms with van der Waals surface area (Å²) in [4.78, 5) is 20.5. The van der Waals surface area contributed by atoms with Gasteiger partial charge in [-0.2, -0.15) is 0 Å². The minimum absolute atomic E-state index is 0.177. The molecule has 3 aromatic rings. The zero-order valence-corrected chi connectivity index (χ0v) is 13.9. The van der Waals surface area contributed by atoms with Gasteiger partial charge in [0.2, 0.25) is 0 Å². The third-order valence-corrected chi connectivity index (χ3v) is 3.72. The van der Waals surface area contributed by atoms with E-state index in [1.165, 1.54) is 36.7 Å². The lowest BCUT2D eigenvalue weighted by molar-refractivity contribution is 0.102. The second kappa shape index (κ2) is 7.09. The maximum atomic E-state index is 12.9. The molecule has 0 radical (unpaired) electrons. The van der Waals surface area contributed by atoms with Crippen LogP contribution >= 0.6 is 0 Å². The Morgan fingerprint density at radius 3 is 2.24 bits per heavy atom. The van der Waals surface area contributed by atoms with Crippen molar-refractivity contribution in [1.82, 2.24) is 9.97 Å². The fourth-order valence-corrected chi connectivity index (χ4v) is 2.38. The number of carbonyl (C=O) groups is 1. The first-order chi connectivity index (χ1) is 12.0. The van der Waals surface area contributed by atoms with Crippen LogP contribution in [0.15, 0.2) is 54.9 Å². The van der Waals surface area contributed by atoms with Gasteiger partial charge in [-0.1, -0.05) is 18.2 Å². The fraction of sp³-hybridized carbons (Fsp3) is 0.105. The number of para-hydroxylation sites is 1. The van der Waals surface area contributed by atoms with Crippen LogP contribution in [0.4, 0.5) is 21.6 Å². The van der Waals surface area contributed by atoms with Crippen LogP contribution in [0.2, 0.25) is 0 Å². The smallest absolute Gasteiger partial charge is 0.275 e. The predicted molar refractivity (Wildman–Crippen MR) is 95.6 cm³/mol. The predicted octanol–water partition coefficient (Wildman–Crippen LogP) is 4.23. The van der Waals surface area contributed by atoms with Crippen molar-refractivity contribution in [2.75, 3.05) is 10.6 Å². The number of benzene rings is 2. The number of hydrogen-bond donors (Lipinski definition) is 2. The summed E-state index contributed by atoms with van der Waals surface area (Å²) < 4.78 is 12.9. The van der Waals surface area contributed by atoms with Gasteiger partial charge in [-0.05, 0) is 49.2 Å². The van der Waals surface area contributed by atoms with E-state index >= 15 is 0 Å². The average Bonchev–Trinajstić information content (AvgIpc) is 2.61. The topological polar surface area (TPSA) is 66.9 Å². The molecule has 0 bridgehead atoms. The lowest BCUT2D eigenvalue weighted by Crippen LogP contribution is -2.14. The van der Waals surface area contributed by atoms with Gasteiger partial charge in [-0.3, -0.25) is 4.79 Å². The summed E-state index contributed by atoms with van der Waals surface area (Å²) in [6, 6.07) is 11.5. The van der Waals surface area contributed by atoms with Crippen LogP contribution in [0.3, 0.4) is 0 Å². The summed E-state index contributed by atoms with van der Waals surface area (Å²) in [7, 11) is 0. The number of rotatable bonds is 4. The van der Waals surface area contributed by atoms with Crippen molar-refractivity contribution >= 4 is 23.1 Å². The van der Waals surface area contributed by atoms with Gasteiger partial charge >= 0.3 is 0 Å². The normalized spacial score (nSPS) is 10.4. The average molecular weight is 336 g/mol. The number of amides is 1. The minimum atomic E-state index is -0.405. The summed E-state index contributed by atoms with van der Waals surface area (Å²) in [5, 5.41) is 5.86. The van der Waals surface area contributed by atoms with Gasteiger partial charge in [0, 0.05) is 11.4 Å². The molecule has 0 spiro atoms. The molecule has 1 aromatic heterocycles. The Morgan fingerprint density at radius 1 is 0.960 bits per heavy atom. The van der Waals surface area contributed by atoms with Crippen molar-refractivity contribution in [3.05, 3.63) is 77.5 Å². The van der Waals surface area contributed by atoms with Crippen LogP contribution in [-0.2, 0) is 0 Å². The van der Waals surface area contributed by atoms with Crippen molar-refractivity contribution in [1.29, 1.82) is 0 Å². The lowest BCUT2D eigenvalue weighted by atomic mass is 10.1. The summed E-state index contributed by atoms with van der Waals surface area (Å²) in [6.45, 7) is 4.01. The second-order valence-electron chi connectivity index (χ2n) is 5.64. The molecule has 25 heavy (non-hydrogen) atoms. The number of nitrogens with zero attached hydrogens (tertiary/aromatic N) is 2. The zero-order valence-electron chi connectivity index (χ0n) is 13.9. The molecule has 0 saturated carbocycles. The highest BCUT2D eigenvalue weighted by molar-refractivity contribution is 6.02. The number of carbonyl (C=O) groups excluding carboxylic acids is 1. The second-order valence-corrected chi connectivity index (χ2v) is 5.64. The highest BCUT2D eigenvalue weighted by atomic mass is 19.1. The lowest BCUT2D eigenvalue weighted by Gasteiger charge is -2.11. The molecule has 0 fully saturated rings. The number of halogens is 1. The zero-order chi connectivity index (χ0) is 17.8. The number of anilines is 3. The molecular formula is C19H17FN4O. The van der Waals surface area contributed by atoms with Gasteiger partial charge in [0.15, 0.2) is 0 Å². The van der Waals surface area contributed by atoms with Gasteiger partial charge in [0.1, 0.15) is 17.3 Å². The maximum absolute atomic E-state index is 12.9. The maximum Gasteiger partial charge on any atom is 0.275 e. The Balaban J connectivity index is 1.71. The molecule has 126 valence electrons. The van der Waals surface area contributed by atoms with Crippen molar-refractivity contribution in [2.45, 2.75) is 13.8 Å². The Hall–Kier alpha value is -3.28. The molecule has 1 heterocycles. The summed E-state index contributed by atoms with van der Waals surface area (Å²) in [5.41, 5.74) is 3.84. The first-order valence-electron chi connectivity index (χ1n) is 7.75. The highest BCUT2D eigenvalue weighted by Crippen LogP contribution is 2.22. The molecule has 6 heteroatoms. The summed E-state index contributed by atoms with van der Waals surface area (Å²) in [5.74, 6) is -0.215. The van der Waals surface area contributed by atoms with Crippen LogP contribution in [0.5, 0.6) is 0 Å². The molecule has 0 atom stereocenters. The van der Waals surface area contributed by atoms with E-state index in [0.717, 1.165) is 16.8 Å². The minimum Gasteiger partial charge on any atom is -0.339 e. The van der Waals surface area contributed by atoms with E-state index in [1.807, 2.05) is 32.0 Å². The number of hydrogen-bond acceptors (Lipinski definition) is 4. The number of aromatic nitrogens is 2. The Morgan fingerprint density at radius 2 is 1.64 bits per heavy atom. The van der Waals surface area contributed by atoms with Crippen LogP contribution in [0.1, 0.15) is 21.6 Å². The van der Waals surface area contributed by atoms with E-state index in [2.05, 4.69) is 20.6 Å². The van der Waals surface area contributed by atoms with E-state index in [1.54, 1.807) is 0 Å². The molecule has 5 nitrogen and oxygen atoms in total. The van der Waals surface area contributed by atoms with E-state index in [4.69, 9.17) is 0 Å². The van der Waals surface area contributed by atoms with Crippen LogP contribution < -0.4 is 10.6 Å². The Labute approximate surface area is 145 Å². The molecule has 0 aliphatic heterocycles.